The van der Waals surface area contributed by atoms with Gasteiger partial charge >= 0.3 is 0 Å². The molecule has 1 heterocycles. The molecule has 0 aromatic carbocycles. The SMILES string of the molecule is CCCc1nc(N)c(C)c(NCCCS(C)=O)n1. The number of anilines is 2. The third kappa shape index (κ3) is 4.60. The largest absolute Gasteiger partial charge is 0.383 e. The zero-order valence-corrected chi connectivity index (χ0v) is 12.1. The van der Waals surface area contributed by atoms with E-state index in [0.29, 0.717) is 11.6 Å². The van der Waals surface area contributed by atoms with Crippen LogP contribution in [0.3, 0.4) is 0 Å². The molecule has 0 amide bonds. The minimum absolute atomic E-state index is 0.537. The van der Waals surface area contributed by atoms with E-state index in [1.807, 2.05) is 6.92 Å². The first-order chi connectivity index (χ1) is 8.54. The molecule has 0 bridgehead atoms. The first-order valence-corrected chi connectivity index (χ1v) is 7.94. The fourth-order valence-electron chi connectivity index (χ4n) is 1.57. The molecule has 0 radical (unpaired) electrons. The number of hydrogen-bond donors (Lipinski definition) is 2. The molecule has 0 fully saturated rings. The van der Waals surface area contributed by atoms with E-state index in [4.69, 9.17) is 5.73 Å². The summed E-state index contributed by atoms with van der Waals surface area (Å²) in [6, 6.07) is 0. The predicted molar refractivity (Wildman–Crippen MR) is 77.2 cm³/mol. The molecule has 0 aliphatic heterocycles. The Kier molecular flexibility index (Phi) is 6.04. The molecule has 0 aliphatic rings. The van der Waals surface area contributed by atoms with Crippen molar-refractivity contribution >= 4 is 22.4 Å². The Morgan fingerprint density at radius 1 is 1.39 bits per heavy atom. The van der Waals surface area contributed by atoms with Gasteiger partial charge in [0, 0.05) is 41.3 Å². The van der Waals surface area contributed by atoms with Crippen molar-refractivity contribution in [1.29, 1.82) is 0 Å². The van der Waals surface area contributed by atoms with E-state index in [9.17, 15) is 4.21 Å². The van der Waals surface area contributed by atoms with Gasteiger partial charge in [-0.3, -0.25) is 4.21 Å². The maximum absolute atomic E-state index is 11.0. The average molecular weight is 270 g/mol. The second kappa shape index (κ2) is 7.31. The van der Waals surface area contributed by atoms with Crippen LogP contribution in [-0.2, 0) is 17.2 Å². The normalized spacial score (nSPS) is 12.4. The molecule has 5 nitrogen and oxygen atoms in total. The van der Waals surface area contributed by atoms with Crippen LogP contribution in [0.4, 0.5) is 11.6 Å². The highest BCUT2D eigenvalue weighted by atomic mass is 32.2. The average Bonchev–Trinajstić information content (AvgIpc) is 2.30. The molecule has 1 unspecified atom stereocenters. The number of hydrogen-bond acceptors (Lipinski definition) is 5. The van der Waals surface area contributed by atoms with E-state index in [2.05, 4.69) is 22.2 Å². The molecule has 1 aromatic heterocycles. The molecule has 6 heteroatoms. The van der Waals surface area contributed by atoms with E-state index in [1.165, 1.54) is 0 Å². The highest BCUT2D eigenvalue weighted by molar-refractivity contribution is 7.84. The molecule has 1 rings (SSSR count). The topological polar surface area (TPSA) is 80.9 Å². The lowest BCUT2D eigenvalue weighted by atomic mass is 10.2. The van der Waals surface area contributed by atoms with Gasteiger partial charge in [0.25, 0.3) is 0 Å². The molecule has 18 heavy (non-hydrogen) atoms. The maximum Gasteiger partial charge on any atom is 0.134 e. The van der Waals surface area contributed by atoms with E-state index < -0.39 is 10.8 Å². The van der Waals surface area contributed by atoms with Gasteiger partial charge in [-0.2, -0.15) is 0 Å². The zero-order chi connectivity index (χ0) is 13.5. The molecule has 0 aliphatic carbocycles. The molecule has 3 N–H and O–H groups in total. The van der Waals surface area contributed by atoms with Gasteiger partial charge in [0.2, 0.25) is 0 Å². The second-order valence-corrected chi connectivity index (χ2v) is 5.86. The Morgan fingerprint density at radius 3 is 2.72 bits per heavy atom. The van der Waals surface area contributed by atoms with Gasteiger partial charge in [0.05, 0.1) is 0 Å². The molecule has 0 spiro atoms. The molecule has 102 valence electrons. The van der Waals surface area contributed by atoms with E-state index >= 15 is 0 Å². The Labute approximate surface area is 111 Å². The Bertz CT molecular complexity index is 423. The minimum atomic E-state index is -0.738. The van der Waals surface area contributed by atoms with Gasteiger partial charge in [-0.1, -0.05) is 6.92 Å². The summed E-state index contributed by atoms with van der Waals surface area (Å²) in [5.41, 5.74) is 6.75. The fourth-order valence-corrected chi connectivity index (χ4v) is 2.12. The van der Waals surface area contributed by atoms with Crippen LogP contribution in [0.25, 0.3) is 0 Å². The van der Waals surface area contributed by atoms with Crippen molar-refractivity contribution in [2.45, 2.75) is 33.1 Å². The maximum atomic E-state index is 11.0. The third-order valence-electron chi connectivity index (χ3n) is 2.60. The minimum Gasteiger partial charge on any atom is -0.383 e. The lowest BCUT2D eigenvalue weighted by Crippen LogP contribution is -2.12. The van der Waals surface area contributed by atoms with Crippen molar-refractivity contribution in [3.63, 3.8) is 0 Å². The van der Waals surface area contributed by atoms with Crippen LogP contribution >= 0.6 is 0 Å². The zero-order valence-electron chi connectivity index (χ0n) is 11.3. The Morgan fingerprint density at radius 2 is 2.11 bits per heavy atom. The first-order valence-electron chi connectivity index (χ1n) is 6.21. The van der Waals surface area contributed by atoms with Gasteiger partial charge in [-0.25, -0.2) is 9.97 Å². The summed E-state index contributed by atoms with van der Waals surface area (Å²) in [4.78, 5) is 8.72. The van der Waals surface area contributed by atoms with Crippen LogP contribution in [0.5, 0.6) is 0 Å². The second-order valence-electron chi connectivity index (χ2n) is 4.31. The standard InChI is InChI=1S/C12H22N4OS/c1-4-6-10-15-11(13)9(2)12(16-10)14-7-5-8-18(3)17/h4-8H2,1-3H3,(H3,13,14,15,16). The molecular weight excluding hydrogens is 248 g/mol. The van der Waals surface area contributed by atoms with Gasteiger partial charge in [-0.05, 0) is 19.8 Å². The summed E-state index contributed by atoms with van der Waals surface area (Å²) in [7, 11) is -0.738. The van der Waals surface area contributed by atoms with E-state index in [-0.39, 0.29) is 0 Å². The first kappa shape index (κ1) is 14.9. The summed E-state index contributed by atoms with van der Waals surface area (Å²) in [5.74, 6) is 2.82. The summed E-state index contributed by atoms with van der Waals surface area (Å²) in [5, 5.41) is 3.24. The lowest BCUT2D eigenvalue weighted by molar-refractivity contribution is 0.685. The van der Waals surface area contributed by atoms with Crippen LogP contribution in [0.1, 0.15) is 31.2 Å². The van der Waals surface area contributed by atoms with E-state index in [1.54, 1.807) is 6.26 Å². The van der Waals surface area contributed by atoms with Crippen LogP contribution in [-0.4, -0.2) is 32.7 Å². The van der Waals surface area contributed by atoms with Gasteiger partial charge < -0.3 is 11.1 Å². The molecule has 1 aromatic rings. The van der Waals surface area contributed by atoms with Crippen molar-refractivity contribution in [2.75, 3.05) is 29.6 Å². The van der Waals surface area contributed by atoms with Crippen LogP contribution in [0.2, 0.25) is 0 Å². The van der Waals surface area contributed by atoms with Gasteiger partial charge in [0.1, 0.15) is 17.5 Å². The number of nitrogens with one attached hydrogen (secondary N) is 1. The molecule has 0 saturated heterocycles. The molecule has 1 atom stereocenters. The highest BCUT2D eigenvalue weighted by Gasteiger charge is 2.07. The fraction of sp³-hybridized carbons (Fsp3) is 0.667. The predicted octanol–water partition coefficient (Wildman–Crippen LogP) is 1.50. The molecule has 0 saturated carbocycles. The smallest absolute Gasteiger partial charge is 0.134 e. The van der Waals surface area contributed by atoms with Crippen molar-refractivity contribution in [1.82, 2.24) is 9.97 Å². The molecular formula is C12H22N4OS. The van der Waals surface area contributed by atoms with Crippen molar-refractivity contribution in [3.8, 4) is 0 Å². The number of rotatable bonds is 7. The van der Waals surface area contributed by atoms with Gasteiger partial charge in [0.15, 0.2) is 0 Å². The van der Waals surface area contributed by atoms with Crippen LogP contribution < -0.4 is 11.1 Å². The van der Waals surface area contributed by atoms with Gasteiger partial charge in [-0.15, -0.1) is 0 Å². The van der Waals surface area contributed by atoms with Crippen molar-refractivity contribution in [2.24, 2.45) is 0 Å². The number of nitrogen functional groups attached to an aromatic ring is 1. The Hall–Kier alpha value is -1.17. The summed E-state index contributed by atoms with van der Waals surface area (Å²) in [6.07, 6.45) is 4.40. The lowest BCUT2D eigenvalue weighted by Gasteiger charge is -2.11. The van der Waals surface area contributed by atoms with Crippen molar-refractivity contribution < 1.29 is 4.21 Å². The third-order valence-corrected chi connectivity index (χ3v) is 3.47. The summed E-state index contributed by atoms with van der Waals surface area (Å²) >= 11 is 0. The summed E-state index contributed by atoms with van der Waals surface area (Å²) < 4.78 is 11.0. The highest BCUT2D eigenvalue weighted by Crippen LogP contribution is 2.17. The summed E-state index contributed by atoms with van der Waals surface area (Å²) in [6.45, 7) is 4.75. The van der Waals surface area contributed by atoms with E-state index in [0.717, 1.165) is 43.0 Å². The quantitative estimate of drug-likeness (QED) is 0.734. The number of nitrogens with zero attached hydrogens (tertiary/aromatic N) is 2. The van der Waals surface area contributed by atoms with Crippen LogP contribution in [0.15, 0.2) is 0 Å². The van der Waals surface area contributed by atoms with Crippen LogP contribution in [0, 0.1) is 6.92 Å². The monoisotopic (exact) mass is 270 g/mol. The number of aryl methyl sites for hydroxylation is 1. The van der Waals surface area contributed by atoms with Crippen molar-refractivity contribution in [3.05, 3.63) is 11.4 Å². The Balaban J connectivity index is 2.65. The number of nitrogens with two attached hydrogens (primary N) is 1. The number of aromatic nitrogens is 2.